The smallest absolute Gasteiger partial charge is 0.269 e. The van der Waals surface area contributed by atoms with Crippen LogP contribution in [0.3, 0.4) is 0 Å². The second-order valence-corrected chi connectivity index (χ2v) is 8.81. The third kappa shape index (κ3) is 4.41. The number of anilines is 1. The van der Waals surface area contributed by atoms with Crippen molar-refractivity contribution < 1.29 is 4.79 Å². The van der Waals surface area contributed by atoms with E-state index < -0.39 is 0 Å². The lowest BCUT2D eigenvalue weighted by atomic mass is 10.1. The highest BCUT2D eigenvalue weighted by molar-refractivity contribution is 9.10. The van der Waals surface area contributed by atoms with Gasteiger partial charge >= 0.3 is 0 Å². The zero-order chi connectivity index (χ0) is 19.6. The number of rotatable bonds is 4. The third-order valence-electron chi connectivity index (χ3n) is 3.91. The molecule has 0 aliphatic heterocycles. The molecule has 4 nitrogen and oxygen atoms in total. The molecule has 0 aliphatic carbocycles. The van der Waals surface area contributed by atoms with Gasteiger partial charge in [-0.3, -0.25) is 4.79 Å². The van der Waals surface area contributed by atoms with Crippen LogP contribution in [0.25, 0.3) is 16.3 Å². The fourth-order valence-electron chi connectivity index (χ4n) is 2.70. The summed E-state index contributed by atoms with van der Waals surface area (Å²) in [6, 6.07) is 15.0. The molecule has 1 amide bonds. The molecule has 136 valence electrons. The Bertz CT molecular complexity index is 1070. The van der Waals surface area contributed by atoms with E-state index in [4.69, 9.17) is 0 Å². The first kappa shape index (κ1) is 19.6. The van der Waals surface area contributed by atoms with Crippen LogP contribution in [-0.4, -0.2) is 16.9 Å². The van der Waals surface area contributed by atoms with Crippen LogP contribution in [0.4, 0.5) is 5.69 Å². The maximum Gasteiger partial charge on any atom is 0.269 e. The zero-order valence-corrected chi connectivity index (χ0v) is 18.0. The van der Waals surface area contributed by atoms with Crippen molar-refractivity contribution in [2.24, 2.45) is 0 Å². The normalized spacial score (nSPS) is 11.6. The Hall–Kier alpha value is -2.14. The quantitative estimate of drug-likeness (QED) is 0.310. The van der Waals surface area contributed by atoms with Gasteiger partial charge in [-0.1, -0.05) is 28.1 Å². The number of fused-ring (bicyclic) bond motifs is 1. The van der Waals surface area contributed by atoms with Crippen molar-refractivity contribution in [1.82, 2.24) is 4.98 Å². The predicted molar refractivity (Wildman–Crippen MR) is 117 cm³/mol. The van der Waals surface area contributed by atoms with E-state index in [1.165, 1.54) is 11.3 Å². The highest BCUT2D eigenvalue weighted by Crippen LogP contribution is 2.30. The number of hydrogen-bond donors (Lipinski definition) is 1. The van der Waals surface area contributed by atoms with E-state index in [0.717, 1.165) is 25.9 Å². The molecule has 0 spiro atoms. The van der Waals surface area contributed by atoms with Crippen molar-refractivity contribution in [2.75, 3.05) is 4.90 Å². The second-order valence-electron chi connectivity index (χ2n) is 6.14. The first-order chi connectivity index (χ1) is 12.9. The van der Waals surface area contributed by atoms with Crippen LogP contribution in [0.5, 0.6) is 0 Å². The van der Waals surface area contributed by atoms with E-state index in [0.29, 0.717) is 4.34 Å². The largest absolute Gasteiger partial charge is 0.305 e. The molecular formula is C20H16BrN3OS2. The maximum absolute atomic E-state index is 13.1. The Morgan fingerprint density at radius 2 is 2.00 bits per heavy atom. The molecule has 0 atom stereocenters. The summed E-state index contributed by atoms with van der Waals surface area (Å²) in [5.74, 6) is -0.328. The fourth-order valence-corrected chi connectivity index (χ4v) is 4.10. The van der Waals surface area contributed by atoms with Crippen LogP contribution in [-0.2, 0) is 4.79 Å². The van der Waals surface area contributed by atoms with Crippen molar-refractivity contribution in [2.45, 2.75) is 24.2 Å². The molecule has 27 heavy (non-hydrogen) atoms. The average Bonchev–Trinajstić information content (AvgIpc) is 3.00. The van der Waals surface area contributed by atoms with E-state index in [1.54, 1.807) is 11.0 Å². The van der Waals surface area contributed by atoms with Crippen molar-refractivity contribution in [3.8, 4) is 6.07 Å². The molecule has 3 rings (SSSR count). The molecule has 0 bridgehead atoms. The van der Waals surface area contributed by atoms with Crippen molar-refractivity contribution in [1.29, 1.82) is 5.26 Å². The molecule has 1 aromatic heterocycles. The van der Waals surface area contributed by atoms with Gasteiger partial charge in [0.1, 0.15) is 16.0 Å². The topological polar surface area (TPSA) is 57.0 Å². The van der Waals surface area contributed by atoms with Gasteiger partial charge in [-0.15, -0.1) is 24.0 Å². The molecule has 0 N–H and O–H groups in total. The van der Waals surface area contributed by atoms with E-state index >= 15 is 0 Å². The zero-order valence-electron chi connectivity index (χ0n) is 14.7. The van der Waals surface area contributed by atoms with E-state index in [-0.39, 0.29) is 17.5 Å². The molecule has 0 saturated heterocycles. The van der Waals surface area contributed by atoms with Crippen LogP contribution in [0.15, 0.2) is 56.9 Å². The monoisotopic (exact) mass is 457 g/mol. The minimum Gasteiger partial charge on any atom is -0.305 e. The van der Waals surface area contributed by atoms with Gasteiger partial charge in [0.2, 0.25) is 0 Å². The Labute approximate surface area is 175 Å². The van der Waals surface area contributed by atoms with Crippen LogP contribution in [0.1, 0.15) is 19.4 Å². The number of carbonyl (C=O) groups is 1. The van der Waals surface area contributed by atoms with Crippen molar-refractivity contribution in [3.05, 3.63) is 58.1 Å². The molecule has 0 radical (unpaired) electrons. The maximum atomic E-state index is 13.1. The highest BCUT2D eigenvalue weighted by atomic mass is 79.9. The van der Waals surface area contributed by atoms with Gasteiger partial charge in [0, 0.05) is 16.2 Å². The number of halogens is 1. The van der Waals surface area contributed by atoms with Crippen molar-refractivity contribution >= 4 is 67.8 Å². The minimum atomic E-state index is -0.328. The Balaban J connectivity index is 2.00. The summed E-state index contributed by atoms with van der Waals surface area (Å²) in [6.45, 7) is 3.85. The summed E-state index contributed by atoms with van der Waals surface area (Å²) in [7, 11) is 0. The van der Waals surface area contributed by atoms with Gasteiger partial charge in [-0.05, 0) is 55.8 Å². The van der Waals surface area contributed by atoms with Crippen LogP contribution in [0, 0.1) is 11.3 Å². The summed E-state index contributed by atoms with van der Waals surface area (Å²) in [5, 5.41) is 9.57. The fraction of sp³-hybridized carbons (Fsp3) is 0.150. The first-order valence-corrected chi connectivity index (χ1v) is 10.2. The van der Waals surface area contributed by atoms with Gasteiger partial charge in [-0.25, -0.2) is 4.98 Å². The number of nitrogens with zero attached hydrogens (tertiary/aromatic N) is 3. The standard InChI is InChI=1S/C20H16BrN3OS2/c1-12(2)24(16-7-8-17-18(10-16)27-20(26)23-17)19(25)14(11-22)9-13-3-5-15(21)6-4-13/h3-10,12H,1-2H3,(H,23,26)/b14-9+. The number of hydrogen-bond acceptors (Lipinski definition) is 5. The minimum absolute atomic E-state index is 0.0882. The highest BCUT2D eigenvalue weighted by Gasteiger charge is 2.23. The number of thiazole rings is 1. The second kappa shape index (κ2) is 8.26. The van der Waals surface area contributed by atoms with Crippen LogP contribution >= 0.6 is 39.9 Å². The number of carbonyl (C=O) groups excluding carboxylic acids is 1. The SMILES string of the molecule is CC(C)N(C(=O)/C(C#N)=C/c1ccc(Br)cc1)c1ccc2nc(S)sc2c1. The summed E-state index contributed by atoms with van der Waals surface area (Å²) in [6.07, 6.45) is 1.61. The molecule has 0 aliphatic rings. The number of amides is 1. The third-order valence-corrected chi connectivity index (χ3v) is 5.63. The molecule has 0 saturated carbocycles. The predicted octanol–water partition coefficient (Wildman–Crippen LogP) is 5.70. The summed E-state index contributed by atoms with van der Waals surface area (Å²) < 4.78 is 2.57. The first-order valence-electron chi connectivity index (χ1n) is 8.19. The molecule has 2 aromatic carbocycles. The van der Waals surface area contributed by atoms with Gasteiger partial charge in [0.05, 0.1) is 10.2 Å². The summed E-state index contributed by atoms with van der Waals surface area (Å²) in [5.41, 5.74) is 2.46. The Morgan fingerprint density at radius 3 is 2.63 bits per heavy atom. The molecule has 7 heteroatoms. The van der Waals surface area contributed by atoms with Gasteiger partial charge in [0.25, 0.3) is 5.91 Å². The molecular weight excluding hydrogens is 442 g/mol. The number of thiol groups is 1. The lowest BCUT2D eigenvalue weighted by Gasteiger charge is -2.26. The van der Waals surface area contributed by atoms with E-state index in [2.05, 4.69) is 33.5 Å². The summed E-state index contributed by atoms with van der Waals surface area (Å²) in [4.78, 5) is 19.1. The van der Waals surface area contributed by atoms with E-state index in [1.807, 2.05) is 62.4 Å². The lowest BCUT2D eigenvalue weighted by molar-refractivity contribution is -0.115. The van der Waals surface area contributed by atoms with Gasteiger partial charge < -0.3 is 4.90 Å². The Kier molecular flexibility index (Phi) is 6.00. The molecule has 3 aromatic rings. The number of aromatic nitrogens is 1. The average molecular weight is 458 g/mol. The van der Waals surface area contributed by atoms with E-state index in [9.17, 15) is 10.1 Å². The van der Waals surface area contributed by atoms with Crippen LogP contribution < -0.4 is 4.90 Å². The Morgan fingerprint density at radius 1 is 1.30 bits per heavy atom. The molecule has 0 unspecified atom stereocenters. The van der Waals surface area contributed by atoms with Crippen LogP contribution in [0.2, 0.25) is 0 Å². The molecule has 0 fully saturated rings. The number of benzene rings is 2. The number of nitriles is 1. The van der Waals surface area contributed by atoms with Gasteiger partial charge in [-0.2, -0.15) is 5.26 Å². The van der Waals surface area contributed by atoms with Crippen molar-refractivity contribution in [3.63, 3.8) is 0 Å². The molecule has 1 heterocycles. The lowest BCUT2D eigenvalue weighted by Crippen LogP contribution is -2.37. The summed E-state index contributed by atoms with van der Waals surface area (Å²) >= 11 is 9.13. The van der Waals surface area contributed by atoms with Gasteiger partial charge in [0.15, 0.2) is 0 Å².